The number of hydrogen-bond donors (Lipinski definition) is 0. The molecule has 7 heteroatoms. The summed E-state index contributed by atoms with van der Waals surface area (Å²) < 4.78 is 5.05. The van der Waals surface area contributed by atoms with Crippen LogP contribution in [0.4, 0.5) is 11.4 Å². The second-order valence-electron chi connectivity index (χ2n) is 7.68. The van der Waals surface area contributed by atoms with Crippen LogP contribution in [0, 0.1) is 10.1 Å². The largest absolute Gasteiger partial charge is 0.454 e. The number of carbonyl (C=O) groups is 2. The van der Waals surface area contributed by atoms with Gasteiger partial charge in [-0.3, -0.25) is 14.9 Å². The molecule has 0 aliphatic rings. The van der Waals surface area contributed by atoms with Crippen LogP contribution >= 0.6 is 0 Å². The van der Waals surface area contributed by atoms with Gasteiger partial charge in [0.2, 0.25) is 0 Å². The van der Waals surface area contributed by atoms with Gasteiger partial charge in [-0.25, -0.2) is 4.79 Å². The predicted octanol–water partition coefficient (Wildman–Crippen LogP) is 4.00. The molecule has 148 valence electrons. The van der Waals surface area contributed by atoms with Gasteiger partial charge in [-0.2, -0.15) is 0 Å². The zero-order valence-electron chi connectivity index (χ0n) is 16.7. The monoisotopic (exact) mass is 384 g/mol. The van der Waals surface area contributed by atoms with Crippen LogP contribution in [0.1, 0.15) is 47.1 Å². The second-order valence-corrected chi connectivity index (χ2v) is 7.68. The second kappa shape index (κ2) is 8.21. The summed E-state index contributed by atoms with van der Waals surface area (Å²) in [5, 5.41) is 11.2. The van der Waals surface area contributed by atoms with Crippen LogP contribution in [0.25, 0.3) is 0 Å². The highest BCUT2D eigenvalue weighted by atomic mass is 16.6. The van der Waals surface area contributed by atoms with E-state index >= 15 is 0 Å². The number of rotatable bonds is 6. The maximum atomic E-state index is 12.3. The third-order valence-corrected chi connectivity index (χ3v) is 4.30. The van der Waals surface area contributed by atoms with E-state index in [0.717, 1.165) is 11.6 Å². The number of hydrogen-bond acceptors (Lipinski definition) is 6. The van der Waals surface area contributed by atoms with E-state index < -0.39 is 17.5 Å². The Labute approximate surface area is 164 Å². The van der Waals surface area contributed by atoms with E-state index in [9.17, 15) is 19.7 Å². The van der Waals surface area contributed by atoms with E-state index in [-0.39, 0.29) is 22.4 Å². The standard InChI is InChI=1S/C21H24N2O5/c1-21(2,3)16-9-6-14(7-10-16)19(24)13-28-20(25)15-8-11-17(22(4)5)18(12-15)23(26)27/h6-12H,13H2,1-5H3. The Morgan fingerprint density at radius 2 is 1.61 bits per heavy atom. The molecule has 0 unspecified atom stereocenters. The Kier molecular flexibility index (Phi) is 6.18. The molecule has 2 rings (SSSR count). The number of ketones is 1. The zero-order valence-corrected chi connectivity index (χ0v) is 16.7. The van der Waals surface area contributed by atoms with Crippen molar-refractivity contribution in [1.82, 2.24) is 0 Å². The fourth-order valence-corrected chi connectivity index (χ4v) is 2.63. The molecule has 0 amide bonds. The van der Waals surface area contributed by atoms with Crippen molar-refractivity contribution in [2.24, 2.45) is 0 Å². The number of nitro groups is 1. The van der Waals surface area contributed by atoms with E-state index in [1.807, 2.05) is 12.1 Å². The Bertz CT molecular complexity index is 896. The van der Waals surface area contributed by atoms with Crippen LogP contribution in [0.15, 0.2) is 42.5 Å². The Morgan fingerprint density at radius 1 is 1.04 bits per heavy atom. The lowest BCUT2D eigenvalue weighted by atomic mass is 9.86. The molecule has 0 N–H and O–H groups in total. The molecule has 0 radical (unpaired) electrons. The molecule has 0 heterocycles. The lowest BCUT2D eigenvalue weighted by Gasteiger charge is -2.19. The number of ether oxygens (including phenoxy) is 1. The van der Waals surface area contributed by atoms with Crippen LogP contribution in [0.3, 0.4) is 0 Å². The smallest absolute Gasteiger partial charge is 0.338 e. The van der Waals surface area contributed by atoms with Gasteiger partial charge in [0.1, 0.15) is 5.69 Å². The van der Waals surface area contributed by atoms with Gasteiger partial charge in [0.05, 0.1) is 10.5 Å². The molecule has 0 aliphatic heterocycles. The van der Waals surface area contributed by atoms with Crippen molar-refractivity contribution in [2.75, 3.05) is 25.6 Å². The van der Waals surface area contributed by atoms with Crippen molar-refractivity contribution >= 4 is 23.1 Å². The molecule has 2 aromatic carbocycles. The van der Waals surface area contributed by atoms with Crippen molar-refractivity contribution in [3.05, 3.63) is 69.3 Å². The molecule has 0 aromatic heterocycles. The van der Waals surface area contributed by atoms with Crippen LogP contribution in [-0.2, 0) is 10.2 Å². The first kappa shape index (κ1) is 21.1. The highest BCUT2D eigenvalue weighted by Gasteiger charge is 2.20. The maximum Gasteiger partial charge on any atom is 0.338 e. The van der Waals surface area contributed by atoms with Crippen molar-refractivity contribution in [3.8, 4) is 0 Å². The Hall–Kier alpha value is -3.22. The summed E-state index contributed by atoms with van der Waals surface area (Å²) in [5.41, 5.74) is 1.69. The molecule has 7 nitrogen and oxygen atoms in total. The SMILES string of the molecule is CN(C)c1ccc(C(=O)OCC(=O)c2ccc(C(C)(C)C)cc2)cc1[N+](=O)[O-]. The van der Waals surface area contributed by atoms with Crippen molar-refractivity contribution in [2.45, 2.75) is 26.2 Å². The van der Waals surface area contributed by atoms with Gasteiger partial charge in [0, 0.05) is 25.7 Å². The van der Waals surface area contributed by atoms with E-state index in [1.165, 1.54) is 12.1 Å². The molecule has 0 bridgehead atoms. The van der Waals surface area contributed by atoms with Crippen molar-refractivity contribution in [1.29, 1.82) is 0 Å². The molecule has 0 fully saturated rings. The number of esters is 1. The molecule has 28 heavy (non-hydrogen) atoms. The van der Waals surface area contributed by atoms with Crippen LogP contribution in [0.5, 0.6) is 0 Å². The summed E-state index contributed by atoms with van der Waals surface area (Å²) in [6.45, 7) is 5.79. The lowest BCUT2D eigenvalue weighted by molar-refractivity contribution is -0.384. The van der Waals surface area contributed by atoms with E-state index in [4.69, 9.17) is 4.74 Å². The summed E-state index contributed by atoms with van der Waals surface area (Å²) >= 11 is 0. The number of anilines is 1. The topological polar surface area (TPSA) is 89.8 Å². The fourth-order valence-electron chi connectivity index (χ4n) is 2.63. The van der Waals surface area contributed by atoms with E-state index in [2.05, 4.69) is 20.8 Å². The highest BCUT2D eigenvalue weighted by Crippen LogP contribution is 2.28. The summed E-state index contributed by atoms with van der Waals surface area (Å²) in [7, 11) is 3.34. The molecule has 0 saturated heterocycles. The Balaban J connectivity index is 2.08. The molecular weight excluding hydrogens is 360 g/mol. The number of Topliss-reactive ketones (excluding diaryl/α,β-unsaturated/α-hetero) is 1. The quantitative estimate of drug-likeness (QED) is 0.324. The average molecular weight is 384 g/mol. The summed E-state index contributed by atoms with van der Waals surface area (Å²) in [4.78, 5) is 36.7. The average Bonchev–Trinajstić information content (AvgIpc) is 2.64. The molecule has 0 atom stereocenters. The summed E-state index contributed by atoms with van der Waals surface area (Å²) in [6, 6.07) is 11.2. The zero-order chi connectivity index (χ0) is 21.1. The minimum atomic E-state index is -0.784. The fraction of sp³-hybridized carbons (Fsp3) is 0.333. The van der Waals surface area contributed by atoms with Crippen molar-refractivity contribution in [3.63, 3.8) is 0 Å². The van der Waals surface area contributed by atoms with Crippen LogP contribution in [0.2, 0.25) is 0 Å². The first-order valence-electron chi connectivity index (χ1n) is 8.77. The third kappa shape index (κ3) is 4.94. The highest BCUT2D eigenvalue weighted by molar-refractivity contribution is 5.99. The van der Waals surface area contributed by atoms with Gasteiger partial charge in [-0.05, 0) is 23.1 Å². The first-order chi connectivity index (χ1) is 13.0. The lowest BCUT2D eigenvalue weighted by Crippen LogP contribution is -2.16. The normalized spacial score (nSPS) is 11.0. The third-order valence-electron chi connectivity index (χ3n) is 4.30. The summed E-state index contributed by atoms with van der Waals surface area (Å²) in [6.07, 6.45) is 0. The van der Waals surface area contributed by atoms with Gasteiger partial charge in [0.25, 0.3) is 5.69 Å². The molecular formula is C21H24N2O5. The van der Waals surface area contributed by atoms with Gasteiger partial charge in [-0.1, -0.05) is 45.0 Å². The molecule has 0 aliphatic carbocycles. The van der Waals surface area contributed by atoms with Gasteiger partial charge < -0.3 is 9.64 Å². The number of nitrogens with zero attached hydrogens (tertiary/aromatic N) is 2. The first-order valence-corrected chi connectivity index (χ1v) is 8.77. The van der Waals surface area contributed by atoms with Gasteiger partial charge in [0.15, 0.2) is 12.4 Å². The van der Waals surface area contributed by atoms with E-state index in [1.54, 1.807) is 31.1 Å². The van der Waals surface area contributed by atoms with Gasteiger partial charge in [-0.15, -0.1) is 0 Å². The predicted molar refractivity (Wildman–Crippen MR) is 107 cm³/mol. The van der Waals surface area contributed by atoms with Crippen LogP contribution < -0.4 is 4.90 Å². The number of benzene rings is 2. The number of carbonyl (C=O) groups excluding carboxylic acids is 2. The van der Waals surface area contributed by atoms with Crippen LogP contribution in [-0.4, -0.2) is 37.4 Å². The minimum absolute atomic E-state index is 0.0215. The minimum Gasteiger partial charge on any atom is -0.454 e. The number of nitro benzene ring substituents is 1. The summed E-state index contributed by atoms with van der Waals surface area (Å²) in [5.74, 6) is -1.12. The Morgan fingerprint density at radius 3 is 2.11 bits per heavy atom. The maximum absolute atomic E-state index is 12.3. The molecule has 0 spiro atoms. The molecule has 2 aromatic rings. The van der Waals surface area contributed by atoms with Crippen molar-refractivity contribution < 1.29 is 19.2 Å². The van der Waals surface area contributed by atoms with Gasteiger partial charge >= 0.3 is 5.97 Å². The van der Waals surface area contributed by atoms with E-state index in [0.29, 0.717) is 11.3 Å². The molecule has 0 saturated carbocycles.